The first-order valence-electron chi connectivity index (χ1n) is 7.00. The molecule has 1 heterocycles. The number of hydrogen-bond acceptors (Lipinski definition) is 4. The molecule has 1 aromatic rings. The lowest BCUT2D eigenvalue weighted by Crippen LogP contribution is -2.17. The minimum Gasteiger partial charge on any atom is -0.490 e. The van der Waals surface area contributed by atoms with E-state index in [-0.39, 0.29) is 23.7 Å². The Kier molecular flexibility index (Phi) is 6.14. The van der Waals surface area contributed by atoms with Crippen molar-refractivity contribution in [1.82, 2.24) is 4.98 Å². The second kappa shape index (κ2) is 7.39. The third-order valence-corrected chi connectivity index (χ3v) is 2.89. The van der Waals surface area contributed by atoms with Crippen LogP contribution in [0, 0.1) is 5.92 Å². The van der Waals surface area contributed by atoms with Crippen LogP contribution in [-0.4, -0.2) is 30.6 Å². The molecule has 4 heteroatoms. The zero-order chi connectivity index (χ0) is 15.2. The second-order valence-corrected chi connectivity index (χ2v) is 6.15. The average Bonchev–Trinajstić information content (AvgIpc) is 2.37. The number of hydrogen-bond donors (Lipinski definition) is 0. The molecule has 0 fully saturated rings. The van der Waals surface area contributed by atoms with Gasteiger partial charge in [-0.3, -0.25) is 9.78 Å². The molecule has 0 N–H and O–H groups in total. The van der Waals surface area contributed by atoms with Gasteiger partial charge in [0.05, 0.1) is 12.8 Å². The molecule has 1 aromatic heterocycles. The van der Waals surface area contributed by atoms with Gasteiger partial charge in [0, 0.05) is 17.0 Å². The molecule has 0 saturated heterocycles. The Morgan fingerprint density at radius 3 is 2.45 bits per heavy atom. The Bertz CT molecular complexity index is 418. The van der Waals surface area contributed by atoms with Crippen molar-refractivity contribution >= 4 is 5.78 Å². The third kappa shape index (κ3) is 5.70. The molecule has 0 radical (unpaired) electrons. The Balaban J connectivity index is 2.28. The smallest absolute Gasteiger partial charge is 0.160 e. The van der Waals surface area contributed by atoms with Crippen LogP contribution in [0.3, 0.4) is 0 Å². The molecule has 0 bridgehead atoms. The predicted molar refractivity (Wildman–Crippen MR) is 79.1 cm³/mol. The highest BCUT2D eigenvalue weighted by molar-refractivity contribution is 5.81. The molecular weight excluding hydrogens is 254 g/mol. The zero-order valence-corrected chi connectivity index (χ0v) is 13.1. The monoisotopic (exact) mass is 279 g/mol. The number of Topliss-reactive ketones (excluding diaryl/α,β-unsaturated/α-hetero) is 1. The first-order chi connectivity index (χ1) is 9.30. The van der Waals surface area contributed by atoms with Gasteiger partial charge in [-0.15, -0.1) is 0 Å². The van der Waals surface area contributed by atoms with Gasteiger partial charge in [-0.25, -0.2) is 0 Å². The molecule has 0 atom stereocenters. The maximum Gasteiger partial charge on any atom is 0.160 e. The lowest BCUT2D eigenvalue weighted by atomic mass is 9.92. The van der Waals surface area contributed by atoms with E-state index in [1.54, 1.807) is 6.20 Å². The highest BCUT2D eigenvalue weighted by Gasteiger charge is 2.14. The quantitative estimate of drug-likeness (QED) is 0.720. The van der Waals surface area contributed by atoms with Crippen LogP contribution in [0.1, 0.15) is 40.3 Å². The normalized spacial score (nSPS) is 11.7. The number of carbonyl (C=O) groups is 1. The predicted octanol–water partition coefficient (Wildman–Crippen LogP) is 3.00. The van der Waals surface area contributed by atoms with Crippen molar-refractivity contribution in [1.29, 1.82) is 0 Å². The molecule has 0 spiro atoms. The molecule has 4 nitrogen and oxygen atoms in total. The summed E-state index contributed by atoms with van der Waals surface area (Å²) in [5, 5.41) is 0. The third-order valence-electron chi connectivity index (χ3n) is 2.89. The van der Waals surface area contributed by atoms with Crippen LogP contribution in [0.15, 0.2) is 18.3 Å². The summed E-state index contributed by atoms with van der Waals surface area (Å²) in [7, 11) is 0. The largest absolute Gasteiger partial charge is 0.490 e. The van der Waals surface area contributed by atoms with E-state index in [0.717, 1.165) is 11.4 Å². The Hall–Kier alpha value is -1.42. The van der Waals surface area contributed by atoms with Crippen LogP contribution in [0.4, 0.5) is 0 Å². The molecule has 0 amide bonds. The molecule has 0 aliphatic heterocycles. The van der Waals surface area contributed by atoms with Gasteiger partial charge in [0.1, 0.15) is 19.0 Å². The molecular formula is C16H25NO3. The highest BCUT2D eigenvalue weighted by Crippen LogP contribution is 2.21. The zero-order valence-electron chi connectivity index (χ0n) is 13.1. The topological polar surface area (TPSA) is 48.4 Å². The molecule has 1 rings (SSSR count). The molecule has 20 heavy (non-hydrogen) atoms. The molecule has 0 aliphatic carbocycles. The fourth-order valence-corrected chi connectivity index (χ4v) is 1.47. The van der Waals surface area contributed by atoms with Crippen molar-refractivity contribution in [2.45, 2.75) is 40.0 Å². The maximum absolute atomic E-state index is 11.3. The number of aromatic nitrogens is 1. The number of rotatable bonds is 7. The number of nitrogens with zero attached hydrogens (tertiary/aromatic N) is 1. The van der Waals surface area contributed by atoms with E-state index in [1.807, 2.05) is 26.0 Å². The van der Waals surface area contributed by atoms with E-state index in [1.165, 1.54) is 0 Å². The van der Waals surface area contributed by atoms with E-state index in [4.69, 9.17) is 9.47 Å². The summed E-state index contributed by atoms with van der Waals surface area (Å²) >= 11 is 0. The number of pyridine rings is 1. The van der Waals surface area contributed by atoms with Crippen molar-refractivity contribution in [2.75, 3.05) is 19.8 Å². The summed E-state index contributed by atoms with van der Waals surface area (Å²) in [5.41, 5.74) is 1.07. The summed E-state index contributed by atoms with van der Waals surface area (Å²) in [4.78, 5) is 15.7. The number of carbonyl (C=O) groups excluding carboxylic acids is 1. The molecule has 112 valence electrons. The highest BCUT2D eigenvalue weighted by atomic mass is 16.5. The fraction of sp³-hybridized carbons (Fsp3) is 0.625. The van der Waals surface area contributed by atoms with Crippen LogP contribution in [0.2, 0.25) is 0 Å². The van der Waals surface area contributed by atoms with Gasteiger partial charge in [-0.05, 0) is 12.1 Å². The SMILES string of the molecule is CC(C)C(=O)COCCOc1ccc(C(C)(C)C)nc1. The summed E-state index contributed by atoms with van der Waals surface area (Å²) in [6.45, 7) is 11.1. The van der Waals surface area contributed by atoms with Crippen molar-refractivity contribution in [3.05, 3.63) is 24.0 Å². The first kappa shape index (κ1) is 16.6. The van der Waals surface area contributed by atoms with Gasteiger partial charge in [-0.2, -0.15) is 0 Å². The van der Waals surface area contributed by atoms with E-state index in [2.05, 4.69) is 25.8 Å². The minimum absolute atomic E-state index is 0.0186. The molecule has 0 aromatic carbocycles. The lowest BCUT2D eigenvalue weighted by molar-refractivity contribution is -0.126. The van der Waals surface area contributed by atoms with Crippen LogP contribution >= 0.6 is 0 Å². The van der Waals surface area contributed by atoms with Gasteiger partial charge in [-0.1, -0.05) is 34.6 Å². The van der Waals surface area contributed by atoms with Gasteiger partial charge >= 0.3 is 0 Å². The number of ether oxygens (including phenoxy) is 2. The van der Waals surface area contributed by atoms with Gasteiger partial charge in [0.2, 0.25) is 0 Å². The second-order valence-electron chi connectivity index (χ2n) is 6.15. The minimum atomic E-state index is 0.0186. The van der Waals surface area contributed by atoms with Crippen molar-refractivity contribution in [2.24, 2.45) is 5.92 Å². The summed E-state index contributed by atoms with van der Waals surface area (Å²) < 4.78 is 10.8. The molecule has 0 unspecified atom stereocenters. The summed E-state index contributed by atoms with van der Waals surface area (Å²) in [6.07, 6.45) is 1.72. The van der Waals surface area contributed by atoms with Gasteiger partial charge in [0.15, 0.2) is 5.78 Å². The van der Waals surface area contributed by atoms with Gasteiger partial charge < -0.3 is 9.47 Å². The summed E-state index contributed by atoms with van der Waals surface area (Å²) in [5.74, 6) is 0.850. The van der Waals surface area contributed by atoms with E-state index in [9.17, 15) is 4.79 Å². The summed E-state index contributed by atoms with van der Waals surface area (Å²) in [6, 6.07) is 3.88. The van der Waals surface area contributed by atoms with E-state index >= 15 is 0 Å². The van der Waals surface area contributed by atoms with Crippen LogP contribution in [-0.2, 0) is 14.9 Å². The average molecular weight is 279 g/mol. The van der Waals surface area contributed by atoms with Crippen molar-refractivity contribution in [3.8, 4) is 5.75 Å². The van der Waals surface area contributed by atoms with Crippen molar-refractivity contribution < 1.29 is 14.3 Å². The Morgan fingerprint density at radius 2 is 1.95 bits per heavy atom. The molecule has 0 aliphatic rings. The van der Waals surface area contributed by atoms with E-state index in [0.29, 0.717) is 13.2 Å². The van der Waals surface area contributed by atoms with Crippen LogP contribution < -0.4 is 4.74 Å². The van der Waals surface area contributed by atoms with Gasteiger partial charge in [0.25, 0.3) is 0 Å². The first-order valence-corrected chi connectivity index (χ1v) is 7.00. The lowest BCUT2D eigenvalue weighted by Gasteiger charge is -2.17. The van der Waals surface area contributed by atoms with E-state index < -0.39 is 0 Å². The fourth-order valence-electron chi connectivity index (χ4n) is 1.47. The Morgan fingerprint density at radius 1 is 1.25 bits per heavy atom. The maximum atomic E-state index is 11.3. The van der Waals surface area contributed by atoms with Crippen LogP contribution in [0.25, 0.3) is 0 Å². The number of ketones is 1. The van der Waals surface area contributed by atoms with Crippen molar-refractivity contribution in [3.63, 3.8) is 0 Å². The van der Waals surface area contributed by atoms with Crippen LogP contribution in [0.5, 0.6) is 5.75 Å². The molecule has 0 saturated carbocycles. The Labute approximate surface area is 121 Å². The standard InChI is InChI=1S/C16H25NO3/c1-12(2)14(18)11-19-8-9-20-13-6-7-15(17-10-13)16(3,4)5/h6-7,10,12H,8-9,11H2,1-5H3.